The van der Waals surface area contributed by atoms with E-state index in [0.29, 0.717) is 12.3 Å². The normalized spacial score (nSPS) is 10.4. The van der Waals surface area contributed by atoms with Crippen LogP contribution in [-0.2, 0) is 6.54 Å². The zero-order valence-electron chi connectivity index (χ0n) is 10.5. The number of aryl methyl sites for hydroxylation is 2. The summed E-state index contributed by atoms with van der Waals surface area (Å²) in [5.74, 6) is 0.373. The molecule has 0 saturated heterocycles. The number of hydrogen-bond donors (Lipinski definition) is 2. The fourth-order valence-corrected chi connectivity index (χ4v) is 2.20. The van der Waals surface area contributed by atoms with E-state index < -0.39 is 0 Å². The van der Waals surface area contributed by atoms with Crippen molar-refractivity contribution in [3.8, 4) is 5.75 Å². The van der Waals surface area contributed by atoms with Gasteiger partial charge in [0.2, 0.25) is 0 Å². The van der Waals surface area contributed by atoms with Gasteiger partial charge in [-0.2, -0.15) is 0 Å². The van der Waals surface area contributed by atoms with Crippen molar-refractivity contribution in [2.45, 2.75) is 20.4 Å². The van der Waals surface area contributed by atoms with E-state index in [0.717, 1.165) is 21.3 Å². The SMILES string of the molecule is Cc1ccc(Br)cc1NCc1cccc(C)c1O. The molecule has 0 spiro atoms. The van der Waals surface area contributed by atoms with E-state index in [4.69, 9.17) is 0 Å². The fraction of sp³-hybridized carbons (Fsp3) is 0.200. The Morgan fingerprint density at radius 1 is 1.11 bits per heavy atom. The van der Waals surface area contributed by atoms with Crippen LogP contribution in [0.5, 0.6) is 5.75 Å². The highest BCUT2D eigenvalue weighted by molar-refractivity contribution is 9.10. The molecule has 0 aliphatic heterocycles. The Bertz CT molecular complexity index is 564. The smallest absolute Gasteiger partial charge is 0.123 e. The summed E-state index contributed by atoms with van der Waals surface area (Å²) >= 11 is 3.46. The van der Waals surface area contributed by atoms with Gasteiger partial charge >= 0.3 is 0 Å². The predicted octanol–water partition coefficient (Wildman–Crippen LogP) is 4.38. The van der Waals surface area contributed by atoms with Gasteiger partial charge in [-0.3, -0.25) is 0 Å². The number of anilines is 1. The van der Waals surface area contributed by atoms with Crippen molar-refractivity contribution in [2.24, 2.45) is 0 Å². The molecule has 2 nitrogen and oxygen atoms in total. The molecule has 0 bridgehead atoms. The van der Waals surface area contributed by atoms with Gasteiger partial charge in [0.05, 0.1) is 0 Å². The molecule has 2 rings (SSSR count). The van der Waals surface area contributed by atoms with Crippen LogP contribution in [0.15, 0.2) is 40.9 Å². The number of halogens is 1. The molecule has 0 aliphatic rings. The van der Waals surface area contributed by atoms with Gasteiger partial charge in [-0.25, -0.2) is 0 Å². The maximum atomic E-state index is 9.95. The number of nitrogens with one attached hydrogen (secondary N) is 1. The lowest BCUT2D eigenvalue weighted by Crippen LogP contribution is -2.01. The second-order valence-electron chi connectivity index (χ2n) is 4.40. The number of aromatic hydroxyl groups is 1. The van der Waals surface area contributed by atoms with Crippen LogP contribution in [0.2, 0.25) is 0 Å². The van der Waals surface area contributed by atoms with Crippen molar-refractivity contribution >= 4 is 21.6 Å². The lowest BCUT2D eigenvalue weighted by molar-refractivity contribution is 0.465. The lowest BCUT2D eigenvalue weighted by atomic mass is 10.1. The summed E-state index contributed by atoms with van der Waals surface area (Å²) in [6.07, 6.45) is 0. The number of para-hydroxylation sites is 1. The highest BCUT2D eigenvalue weighted by Crippen LogP contribution is 2.25. The molecular formula is C15H16BrNO. The van der Waals surface area contributed by atoms with Gasteiger partial charge in [-0.05, 0) is 37.1 Å². The molecular weight excluding hydrogens is 290 g/mol. The van der Waals surface area contributed by atoms with E-state index >= 15 is 0 Å². The summed E-state index contributed by atoms with van der Waals surface area (Å²) in [6.45, 7) is 4.58. The molecule has 0 amide bonds. The van der Waals surface area contributed by atoms with E-state index in [1.807, 2.05) is 37.3 Å². The van der Waals surface area contributed by atoms with Crippen LogP contribution in [0.4, 0.5) is 5.69 Å². The van der Waals surface area contributed by atoms with Gasteiger partial charge < -0.3 is 10.4 Å². The molecule has 0 saturated carbocycles. The van der Waals surface area contributed by atoms with Crippen molar-refractivity contribution in [3.63, 3.8) is 0 Å². The minimum Gasteiger partial charge on any atom is -0.507 e. The van der Waals surface area contributed by atoms with Crippen LogP contribution >= 0.6 is 15.9 Å². The third-order valence-corrected chi connectivity index (χ3v) is 3.48. The highest BCUT2D eigenvalue weighted by atomic mass is 79.9. The van der Waals surface area contributed by atoms with Crippen molar-refractivity contribution in [2.75, 3.05) is 5.32 Å². The quantitative estimate of drug-likeness (QED) is 0.882. The molecule has 0 aromatic heterocycles. The summed E-state index contributed by atoms with van der Waals surface area (Å²) < 4.78 is 1.05. The molecule has 0 fully saturated rings. The van der Waals surface area contributed by atoms with Crippen LogP contribution in [0.25, 0.3) is 0 Å². The topological polar surface area (TPSA) is 32.3 Å². The van der Waals surface area contributed by atoms with Crippen molar-refractivity contribution < 1.29 is 5.11 Å². The first-order valence-corrected chi connectivity index (χ1v) is 6.64. The third-order valence-electron chi connectivity index (χ3n) is 2.99. The zero-order valence-corrected chi connectivity index (χ0v) is 12.1. The first-order valence-electron chi connectivity index (χ1n) is 5.85. The monoisotopic (exact) mass is 305 g/mol. The predicted molar refractivity (Wildman–Crippen MR) is 79.0 cm³/mol. The molecule has 2 aromatic rings. The van der Waals surface area contributed by atoms with Gasteiger partial charge in [0.15, 0.2) is 0 Å². The number of phenolic OH excluding ortho intramolecular Hbond substituents is 1. The Morgan fingerprint density at radius 3 is 2.67 bits per heavy atom. The van der Waals surface area contributed by atoms with E-state index in [2.05, 4.69) is 34.2 Å². The Hall–Kier alpha value is -1.48. The fourth-order valence-electron chi connectivity index (χ4n) is 1.84. The molecule has 0 unspecified atom stereocenters. The number of phenols is 1. The molecule has 18 heavy (non-hydrogen) atoms. The van der Waals surface area contributed by atoms with Crippen LogP contribution < -0.4 is 5.32 Å². The lowest BCUT2D eigenvalue weighted by Gasteiger charge is -2.12. The van der Waals surface area contributed by atoms with Gasteiger partial charge in [-0.1, -0.05) is 40.2 Å². The maximum Gasteiger partial charge on any atom is 0.123 e. The Labute approximate surface area is 116 Å². The Morgan fingerprint density at radius 2 is 1.89 bits per heavy atom. The van der Waals surface area contributed by atoms with Gasteiger partial charge in [-0.15, -0.1) is 0 Å². The van der Waals surface area contributed by atoms with Crippen LogP contribution in [-0.4, -0.2) is 5.11 Å². The molecule has 2 N–H and O–H groups in total. The van der Waals surface area contributed by atoms with E-state index in [-0.39, 0.29) is 0 Å². The standard InChI is InChI=1S/C15H16BrNO/c1-10-6-7-13(16)8-14(10)17-9-12-5-3-4-11(2)15(12)18/h3-8,17-18H,9H2,1-2H3. The molecule has 3 heteroatoms. The summed E-state index contributed by atoms with van der Waals surface area (Å²) in [6, 6.07) is 11.9. The highest BCUT2D eigenvalue weighted by Gasteiger charge is 2.04. The number of benzene rings is 2. The van der Waals surface area contributed by atoms with E-state index in [1.54, 1.807) is 0 Å². The summed E-state index contributed by atoms with van der Waals surface area (Å²) in [5.41, 5.74) is 4.07. The van der Waals surface area contributed by atoms with Crippen molar-refractivity contribution in [3.05, 3.63) is 57.6 Å². The van der Waals surface area contributed by atoms with Crippen LogP contribution in [0.1, 0.15) is 16.7 Å². The van der Waals surface area contributed by atoms with E-state index in [9.17, 15) is 5.11 Å². The van der Waals surface area contributed by atoms with Gasteiger partial charge in [0.1, 0.15) is 5.75 Å². The average Bonchev–Trinajstić information content (AvgIpc) is 2.35. The maximum absolute atomic E-state index is 9.95. The van der Waals surface area contributed by atoms with E-state index in [1.165, 1.54) is 5.56 Å². The molecule has 2 aromatic carbocycles. The first-order chi connectivity index (χ1) is 8.58. The second kappa shape index (κ2) is 5.44. The Balaban J connectivity index is 2.16. The number of hydrogen-bond acceptors (Lipinski definition) is 2. The minimum absolute atomic E-state index is 0.373. The van der Waals surface area contributed by atoms with Crippen LogP contribution in [0, 0.1) is 13.8 Å². The molecule has 0 radical (unpaired) electrons. The molecule has 0 aliphatic carbocycles. The van der Waals surface area contributed by atoms with Gasteiger partial charge in [0.25, 0.3) is 0 Å². The van der Waals surface area contributed by atoms with Gasteiger partial charge in [0, 0.05) is 22.3 Å². The summed E-state index contributed by atoms with van der Waals surface area (Å²) in [5, 5.41) is 13.3. The van der Waals surface area contributed by atoms with Crippen LogP contribution in [0.3, 0.4) is 0 Å². The minimum atomic E-state index is 0.373. The molecule has 94 valence electrons. The number of rotatable bonds is 3. The largest absolute Gasteiger partial charge is 0.507 e. The Kier molecular flexibility index (Phi) is 3.92. The summed E-state index contributed by atoms with van der Waals surface area (Å²) in [7, 11) is 0. The second-order valence-corrected chi connectivity index (χ2v) is 5.31. The average molecular weight is 306 g/mol. The first kappa shape index (κ1) is 13.0. The summed E-state index contributed by atoms with van der Waals surface area (Å²) in [4.78, 5) is 0. The molecule has 0 heterocycles. The zero-order chi connectivity index (χ0) is 13.1. The molecule has 0 atom stereocenters. The third kappa shape index (κ3) is 2.85. The van der Waals surface area contributed by atoms with Crippen molar-refractivity contribution in [1.82, 2.24) is 0 Å². The van der Waals surface area contributed by atoms with Crippen molar-refractivity contribution in [1.29, 1.82) is 0 Å².